The van der Waals surface area contributed by atoms with Crippen LogP contribution in [0.2, 0.25) is 0 Å². The molecular weight excluding hydrogens is 302 g/mol. The summed E-state index contributed by atoms with van der Waals surface area (Å²) in [6.07, 6.45) is 5.21. The van der Waals surface area contributed by atoms with E-state index in [1.165, 1.54) is 25.9 Å². The first-order chi connectivity index (χ1) is 11.8. The molecule has 6 heteroatoms. The van der Waals surface area contributed by atoms with E-state index >= 15 is 0 Å². The predicted molar refractivity (Wildman–Crippen MR) is 98.3 cm³/mol. The quantitative estimate of drug-likeness (QED) is 0.552. The summed E-state index contributed by atoms with van der Waals surface area (Å²) in [5.41, 5.74) is 1.10. The van der Waals surface area contributed by atoms with Gasteiger partial charge < -0.3 is 20.3 Å². The zero-order valence-electron chi connectivity index (χ0n) is 15.0. The maximum atomic E-state index is 5.15. The number of aromatic nitrogens is 1. The Morgan fingerprint density at radius 3 is 2.83 bits per heavy atom. The zero-order valence-corrected chi connectivity index (χ0v) is 15.0. The number of likely N-dealkylation sites (tertiary alicyclic amines) is 1. The van der Waals surface area contributed by atoms with Crippen molar-refractivity contribution >= 4 is 5.96 Å². The first kappa shape index (κ1) is 18.7. The van der Waals surface area contributed by atoms with Gasteiger partial charge in [-0.1, -0.05) is 6.07 Å². The summed E-state index contributed by atoms with van der Waals surface area (Å²) in [6, 6.07) is 6.02. The van der Waals surface area contributed by atoms with E-state index in [9.17, 15) is 0 Å². The van der Waals surface area contributed by atoms with Crippen LogP contribution in [0.4, 0.5) is 0 Å². The molecule has 1 fully saturated rings. The van der Waals surface area contributed by atoms with Crippen molar-refractivity contribution in [2.24, 2.45) is 10.9 Å². The average molecular weight is 333 g/mol. The van der Waals surface area contributed by atoms with Crippen LogP contribution < -0.4 is 10.6 Å². The Kier molecular flexibility index (Phi) is 8.55. The van der Waals surface area contributed by atoms with Crippen molar-refractivity contribution in [2.45, 2.75) is 19.3 Å². The highest BCUT2D eigenvalue weighted by atomic mass is 16.5. The molecule has 0 saturated carbocycles. The fraction of sp³-hybridized carbons (Fsp3) is 0.667. The molecule has 0 aromatic carbocycles. The van der Waals surface area contributed by atoms with Crippen molar-refractivity contribution in [1.29, 1.82) is 0 Å². The first-order valence-corrected chi connectivity index (χ1v) is 8.87. The lowest BCUT2D eigenvalue weighted by atomic mass is 9.97. The molecule has 0 radical (unpaired) electrons. The summed E-state index contributed by atoms with van der Waals surface area (Å²) < 4.78 is 5.15. The molecule has 24 heavy (non-hydrogen) atoms. The van der Waals surface area contributed by atoms with Crippen LogP contribution in [0, 0.1) is 5.92 Å². The molecule has 0 amide bonds. The molecule has 0 bridgehead atoms. The van der Waals surface area contributed by atoms with Crippen LogP contribution >= 0.6 is 0 Å². The van der Waals surface area contributed by atoms with Crippen LogP contribution in [-0.2, 0) is 11.2 Å². The third kappa shape index (κ3) is 6.84. The second-order valence-electron chi connectivity index (χ2n) is 6.23. The monoisotopic (exact) mass is 333 g/mol. The van der Waals surface area contributed by atoms with Crippen molar-refractivity contribution in [2.75, 3.05) is 53.5 Å². The smallest absolute Gasteiger partial charge is 0.190 e. The maximum Gasteiger partial charge on any atom is 0.190 e. The van der Waals surface area contributed by atoms with Crippen molar-refractivity contribution in [3.05, 3.63) is 30.1 Å². The lowest BCUT2D eigenvalue weighted by molar-refractivity contribution is 0.121. The van der Waals surface area contributed by atoms with Gasteiger partial charge >= 0.3 is 0 Å². The van der Waals surface area contributed by atoms with Crippen LogP contribution in [0.1, 0.15) is 18.5 Å². The van der Waals surface area contributed by atoms with Crippen molar-refractivity contribution in [1.82, 2.24) is 20.5 Å². The number of piperidine rings is 1. The number of guanidine groups is 1. The number of nitrogens with zero attached hydrogens (tertiary/aromatic N) is 3. The average Bonchev–Trinajstić information content (AvgIpc) is 2.64. The Hall–Kier alpha value is -1.66. The van der Waals surface area contributed by atoms with E-state index in [1.54, 1.807) is 7.11 Å². The summed E-state index contributed by atoms with van der Waals surface area (Å²) in [5.74, 6) is 1.60. The van der Waals surface area contributed by atoms with Crippen LogP contribution in [0.3, 0.4) is 0 Å². The van der Waals surface area contributed by atoms with E-state index in [0.717, 1.165) is 50.2 Å². The third-order valence-corrected chi connectivity index (χ3v) is 4.50. The number of pyridine rings is 1. The highest BCUT2D eigenvalue weighted by Crippen LogP contribution is 2.15. The third-order valence-electron chi connectivity index (χ3n) is 4.50. The fourth-order valence-corrected chi connectivity index (χ4v) is 2.95. The summed E-state index contributed by atoms with van der Waals surface area (Å²) >= 11 is 0. The van der Waals surface area contributed by atoms with E-state index in [0.29, 0.717) is 0 Å². The Morgan fingerprint density at radius 2 is 2.17 bits per heavy atom. The molecule has 1 saturated heterocycles. The SMILES string of the molecule is CN=C(NCCc1ccccn1)NCC1CCN(CCOC)CC1. The van der Waals surface area contributed by atoms with Gasteiger partial charge in [-0.15, -0.1) is 0 Å². The van der Waals surface area contributed by atoms with Crippen LogP contribution in [0.15, 0.2) is 29.4 Å². The second-order valence-corrected chi connectivity index (χ2v) is 6.23. The van der Waals surface area contributed by atoms with Crippen molar-refractivity contribution in [3.8, 4) is 0 Å². The number of hydrogen-bond acceptors (Lipinski definition) is 4. The van der Waals surface area contributed by atoms with Gasteiger partial charge in [-0.3, -0.25) is 9.98 Å². The van der Waals surface area contributed by atoms with E-state index in [-0.39, 0.29) is 0 Å². The highest BCUT2D eigenvalue weighted by Gasteiger charge is 2.18. The van der Waals surface area contributed by atoms with Gasteiger partial charge in [-0.25, -0.2) is 0 Å². The minimum atomic E-state index is 0.720. The van der Waals surface area contributed by atoms with Crippen LogP contribution in [0.5, 0.6) is 0 Å². The Morgan fingerprint density at radius 1 is 1.33 bits per heavy atom. The van der Waals surface area contributed by atoms with Gasteiger partial charge in [0.25, 0.3) is 0 Å². The lowest BCUT2D eigenvalue weighted by Crippen LogP contribution is -2.43. The van der Waals surface area contributed by atoms with E-state index in [4.69, 9.17) is 4.74 Å². The normalized spacial score (nSPS) is 17.0. The number of hydrogen-bond donors (Lipinski definition) is 2. The van der Waals surface area contributed by atoms with Gasteiger partial charge in [-0.05, 0) is 44.0 Å². The summed E-state index contributed by atoms with van der Waals surface area (Å²) in [4.78, 5) is 11.1. The molecule has 1 aromatic rings. The Bertz CT molecular complexity index is 472. The van der Waals surface area contributed by atoms with Crippen molar-refractivity contribution < 1.29 is 4.74 Å². The minimum absolute atomic E-state index is 0.720. The van der Waals surface area contributed by atoms with Crippen molar-refractivity contribution in [3.63, 3.8) is 0 Å². The molecule has 2 rings (SSSR count). The number of rotatable bonds is 8. The number of aliphatic imine (C=N–C) groups is 1. The number of ether oxygens (including phenoxy) is 1. The number of nitrogens with one attached hydrogen (secondary N) is 2. The maximum absolute atomic E-state index is 5.15. The summed E-state index contributed by atoms with van der Waals surface area (Å²) in [5, 5.41) is 6.82. The highest BCUT2D eigenvalue weighted by molar-refractivity contribution is 5.79. The van der Waals surface area contributed by atoms with Gasteiger partial charge in [0.05, 0.1) is 6.61 Å². The molecule has 0 atom stereocenters. The summed E-state index contributed by atoms with van der Waals surface area (Å²) in [6.45, 7) is 6.04. The van der Waals surface area contributed by atoms with E-state index in [2.05, 4.69) is 31.6 Å². The van der Waals surface area contributed by atoms with Gasteiger partial charge in [-0.2, -0.15) is 0 Å². The Labute approximate surface area is 145 Å². The minimum Gasteiger partial charge on any atom is -0.383 e. The van der Waals surface area contributed by atoms with Gasteiger partial charge in [0.2, 0.25) is 0 Å². The molecule has 0 aliphatic carbocycles. The molecule has 6 nitrogen and oxygen atoms in total. The van der Waals surface area contributed by atoms with Crippen LogP contribution in [-0.4, -0.2) is 69.3 Å². The van der Waals surface area contributed by atoms with Gasteiger partial charge in [0.15, 0.2) is 5.96 Å². The first-order valence-electron chi connectivity index (χ1n) is 8.87. The Balaban J connectivity index is 1.60. The van der Waals surface area contributed by atoms with Crippen LogP contribution in [0.25, 0.3) is 0 Å². The van der Waals surface area contributed by atoms with E-state index < -0.39 is 0 Å². The second kappa shape index (κ2) is 11.0. The fourth-order valence-electron chi connectivity index (χ4n) is 2.95. The molecule has 1 aromatic heterocycles. The molecule has 1 aliphatic rings. The largest absolute Gasteiger partial charge is 0.383 e. The predicted octanol–water partition coefficient (Wildman–Crippen LogP) is 1.15. The molecule has 2 N–H and O–H groups in total. The van der Waals surface area contributed by atoms with Gasteiger partial charge in [0, 0.05) is 52.1 Å². The molecule has 0 spiro atoms. The molecule has 0 unspecified atom stereocenters. The molecule has 1 aliphatic heterocycles. The van der Waals surface area contributed by atoms with Gasteiger partial charge in [0.1, 0.15) is 0 Å². The molecule has 2 heterocycles. The number of methoxy groups -OCH3 is 1. The molecule has 134 valence electrons. The van der Waals surface area contributed by atoms with E-state index in [1.807, 2.05) is 25.4 Å². The topological polar surface area (TPSA) is 61.8 Å². The standard InChI is InChI=1S/C18H31N5O/c1-19-18(21-10-6-17-5-3-4-9-20-17)22-15-16-7-11-23(12-8-16)13-14-24-2/h3-5,9,16H,6-8,10-15H2,1-2H3,(H2,19,21,22). The summed E-state index contributed by atoms with van der Waals surface area (Å²) in [7, 11) is 3.59. The lowest BCUT2D eigenvalue weighted by Gasteiger charge is -2.32. The zero-order chi connectivity index (χ0) is 17.0. The molecular formula is C18H31N5O.